The van der Waals surface area contributed by atoms with Gasteiger partial charge in [-0.1, -0.05) is 6.07 Å². The SMILES string of the molecule is Nc1cc(F)ccc1N1CCC(CNC(=O)[C@H](O)[C@@H](O)c2ccccn2)CC1. The molecule has 7 nitrogen and oxygen atoms in total. The maximum Gasteiger partial charge on any atom is 0.251 e. The fourth-order valence-electron chi connectivity index (χ4n) is 3.40. The predicted molar refractivity (Wildman–Crippen MR) is 104 cm³/mol. The molecule has 0 radical (unpaired) electrons. The predicted octanol–water partition coefficient (Wildman–Crippen LogP) is 1.23. The van der Waals surface area contributed by atoms with Crippen molar-refractivity contribution in [2.45, 2.75) is 25.0 Å². The molecule has 3 rings (SSSR count). The van der Waals surface area contributed by atoms with Crippen molar-refractivity contribution in [3.8, 4) is 0 Å². The standard InChI is InChI=1S/C20H25FN4O3/c21-14-4-5-17(15(22)11-14)25-9-6-13(7-10-25)12-24-20(28)19(27)18(26)16-3-1-2-8-23-16/h1-5,8,11,13,18-19,26-27H,6-7,9-10,12,22H2,(H,24,28)/t18-,19+/m0/s1. The second-order valence-electron chi connectivity index (χ2n) is 7.02. The van der Waals surface area contributed by atoms with E-state index in [-0.39, 0.29) is 17.4 Å². The fraction of sp³-hybridized carbons (Fsp3) is 0.400. The lowest BCUT2D eigenvalue weighted by molar-refractivity contribution is -0.135. The molecule has 2 aromatic rings. The highest BCUT2D eigenvalue weighted by atomic mass is 19.1. The topological polar surface area (TPSA) is 112 Å². The molecule has 0 bridgehead atoms. The van der Waals surface area contributed by atoms with Crippen LogP contribution in [0.3, 0.4) is 0 Å². The summed E-state index contributed by atoms with van der Waals surface area (Å²) in [6.45, 7) is 1.91. The minimum atomic E-state index is -1.57. The van der Waals surface area contributed by atoms with Crippen molar-refractivity contribution in [2.24, 2.45) is 5.92 Å². The summed E-state index contributed by atoms with van der Waals surface area (Å²) in [4.78, 5) is 18.2. The number of amides is 1. The number of pyridine rings is 1. The average molecular weight is 388 g/mol. The van der Waals surface area contributed by atoms with E-state index in [1.54, 1.807) is 24.3 Å². The summed E-state index contributed by atoms with van der Waals surface area (Å²) in [6.07, 6.45) is 0.204. The summed E-state index contributed by atoms with van der Waals surface area (Å²) in [7, 11) is 0. The van der Waals surface area contributed by atoms with Gasteiger partial charge in [-0.25, -0.2) is 4.39 Å². The van der Waals surface area contributed by atoms with Crippen LogP contribution in [0.2, 0.25) is 0 Å². The van der Waals surface area contributed by atoms with Gasteiger partial charge in [0.2, 0.25) is 0 Å². The van der Waals surface area contributed by atoms with Crippen molar-refractivity contribution in [2.75, 3.05) is 30.3 Å². The number of nitrogens with one attached hydrogen (secondary N) is 1. The quantitative estimate of drug-likeness (QED) is 0.554. The second-order valence-corrected chi connectivity index (χ2v) is 7.02. The number of nitrogen functional groups attached to an aromatic ring is 1. The number of anilines is 2. The van der Waals surface area contributed by atoms with Gasteiger partial charge in [-0.15, -0.1) is 0 Å². The first kappa shape index (κ1) is 20.0. The number of benzene rings is 1. The maximum absolute atomic E-state index is 13.2. The molecule has 1 aromatic carbocycles. The maximum atomic E-state index is 13.2. The Labute approximate surface area is 163 Å². The molecule has 0 aliphatic carbocycles. The Balaban J connectivity index is 1.46. The molecule has 150 valence electrons. The van der Waals surface area contributed by atoms with Crippen LogP contribution in [0.25, 0.3) is 0 Å². The molecule has 1 aliphatic rings. The summed E-state index contributed by atoms with van der Waals surface area (Å²) < 4.78 is 13.2. The zero-order valence-corrected chi connectivity index (χ0v) is 15.5. The van der Waals surface area contributed by atoms with Crippen molar-refractivity contribution >= 4 is 17.3 Å². The highest BCUT2D eigenvalue weighted by Crippen LogP contribution is 2.28. The number of aromatic nitrogens is 1. The Kier molecular flexibility index (Phi) is 6.43. The first-order valence-electron chi connectivity index (χ1n) is 9.30. The molecule has 1 saturated heterocycles. The van der Waals surface area contributed by atoms with Crippen LogP contribution in [0.4, 0.5) is 15.8 Å². The molecule has 2 heterocycles. The number of rotatable bonds is 6. The average Bonchev–Trinajstić information content (AvgIpc) is 2.72. The van der Waals surface area contributed by atoms with Crippen LogP contribution in [-0.2, 0) is 4.79 Å². The van der Waals surface area contributed by atoms with E-state index in [0.29, 0.717) is 12.2 Å². The van der Waals surface area contributed by atoms with Gasteiger partial charge in [-0.05, 0) is 49.1 Å². The number of aliphatic hydroxyl groups is 2. The first-order chi connectivity index (χ1) is 13.5. The molecule has 28 heavy (non-hydrogen) atoms. The number of carbonyl (C=O) groups is 1. The summed E-state index contributed by atoms with van der Waals surface area (Å²) in [5.74, 6) is -0.727. The van der Waals surface area contributed by atoms with Gasteiger partial charge in [0.1, 0.15) is 11.9 Å². The number of nitrogens with two attached hydrogens (primary N) is 1. The fourth-order valence-corrected chi connectivity index (χ4v) is 3.40. The Morgan fingerprint density at radius 1 is 1.29 bits per heavy atom. The Morgan fingerprint density at radius 3 is 2.68 bits per heavy atom. The first-order valence-corrected chi connectivity index (χ1v) is 9.30. The third kappa shape index (κ3) is 4.76. The van der Waals surface area contributed by atoms with E-state index in [2.05, 4.69) is 15.2 Å². The number of halogens is 1. The van der Waals surface area contributed by atoms with Gasteiger partial charge in [0.25, 0.3) is 5.91 Å². The van der Waals surface area contributed by atoms with Crippen LogP contribution < -0.4 is 16.0 Å². The number of hydrogen-bond donors (Lipinski definition) is 4. The van der Waals surface area contributed by atoms with E-state index in [1.165, 1.54) is 18.3 Å². The Morgan fingerprint density at radius 2 is 2.04 bits per heavy atom. The van der Waals surface area contributed by atoms with Crippen LogP contribution in [-0.4, -0.2) is 46.8 Å². The van der Waals surface area contributed by atoms with E-state index < -0.39 is 18.1 Å². The van der Waals surface area contributed by atoms with Gasteiger partial charge in [-0.2, -0.15) is 0 Å². The van der Waals surface area contributed by atoms with E-state index in [4.69, 9.17) is 5.73 Å². The largest absolute Gasteiger partial charge is 0.397 e. The smallest absolute Gasteiger partial charge is 0.251 e. The van der Waals surface area contributed by atoms with Crippen LogP contribution in [0.1, 0.15) is 24.6 Å². The Hall–Kier alpha value is -2.71. The van der Waals surface area contributed by atoms with Gasteiger partial charge in [-0.3, -0.25) is 9.78 Å². The third-order valence-corrected chi connectivity index (χ3v) is 5.07. The van der Waals surface area contributed by atoms with E-state index in [0.717, 1.165) is 31.6 Å². The van der Waals surface area contributed by atoms with Crippen molar-refractivity contribution in [1.29, 1.82) is 0 Å². The zero-order valence-electron chi connectivity index (χ0n) is 15.5. The minimum absolute atomic E-state index is 0.246. The number of carbonyl (C=O) groups excluding carboxylic acids is 1. The summed E-state index contributed by atoms with van der Waals surface area (Å²) in [6, 6.07) is 9.31. The molecular weight excluding hydrogens is 363 g/mol. The minimum Gasteiger partial charge on any atom is -0.397 e. The number of aliphatic hydroxyl groups excluding tert-OH is 2. The molecule has 1 aromatic heterocycles. The molecule has 0 unspecified atom stereocenters. The monoisotopic (exact) mass is 388 g/mol. The van der Waals surface area contributed by atoms with E-state index >= 15 is 0 Å². The Bertz CT molecular complexity index is 797. The molecule has 0 spiro atoms. The molecule has 5 N–H and O–H groups in total. The lowest BCUT2D eigenvalue weighted by Crippen LogP contribution is -2.43. The summed E-state index contributed by atoms with van der Waals surface area (Å²) in [5, 5.41) is 22.8. The van der Waals surface area contributed by atoms with Crippen LogP contribution in [0, 0.1) is 11.7 Å². The lowest BCUT2D eigenvalue weighted by Gasteiger charge is -2.34. The van der Waals surface area contributed by atoms with Crippen LogP contribution >= 0.6 is 0 Å². The van der Waals surface area contributed by atoms with Crippen molar-refractivity contribution < 1.29 is 19.4 Å². The van der Waals surface area contributed by atoms with Gasteiger partial charge >= 0.3 is 0 Å². The number of piperidine rings is 1. The third-order valence-electron chi connectivity index (χ3n) is 5.07. The molecule has 1 fully saturated rings. The molecule has 1 amide bonds. The molecule has 2 atom stereocenters. The van der Waals surface area contributed by atoms with Gasteiger partial charge in [0.15, 0.2) is 6.10 Å². The zero-order chi connectivity index (χ0) is 20.1. The number of nitrogens with zero attached hydrogens (tertiary/aromatic N) is 2. The van der Waals surface area contributed by atoms with Crippen LogP contribution in [0.5, 0.6) is 0 Å². The van der Waals surface area contributed by atoms with E-state index in [1.807, 2.05) is 0 Å². The van der Waals surface area contributed by atoms with Crippen LogP contribution in [0.15, 0.2) is 42.6 Å². The molecule has 1 aliphatic heterocycles. The molecule has 8 heteroatoms. The van der Waals surface area contributed by atoms with Gasteiger partial charge in [0, 0.05) is 25.8 Å². The van der Waals surface area contributed by atoms with Gasteiger partial charge in [0.05, 0.1) is 17.1 Å². The lowest BCUT2D eigenvalue weighted by atomic mass is 9.96. The summed E-state index contributed by atoms with van der Waals surface area (Å²) >= 11 is 0. The molecular formula is C20H25FN4O3. The van der Waals surface area contributed by atoms with Gasteiger partial charge < -0.3 is 26.2 Å². The van der Waals surface area contributed by atoms with Crippen molar-refractivity contribution in [3.63, 3.8) is 0 Å². The van der Waals surface area contributed by atoms with Crippen molar-refractivity contribution in [1.82, 2.24) is 10.3 Å². The second kappa shape index (κ2) is 8.99. The number of hydrogen-bond acceptors (Lipinski definition) is 6. The van der Waals surface area contributed by atoms with Crippen molar-refractivity contribution in [3.05, 3.63) is 54.1 Å². The summed E-state index contributed by atoms with van der Waals surface area (Å²) in [5.41, 5.74) is 7.38. The molecule has 0 saturated carbocycles. The highest BCUT2D eigenvalue weighted by Gasteiger charge is 2.28. The highest BCUT2D eigenvalue weighted by molar-refractivity contribution is 5.81. The van der Waals surface area contributed by atoms with E-state index in [9.17, 15) is 19.4 Å². The normalized spacial score (nSPS) is 17.2.